The van der Waals surface area contributed by atoms with Gasteiger partial charge in [-0.3, -0.25) is 18.6 Å². The molecule has 0 aromatic rings. The summed E-state index contributed by atoms with van der Waals surface area (Å²) in [5.41, 5.74) is 5.40. The van der Waals surface area contributed by atoms with Crippen molar-refractivity contribution in [2.45, 2.75) is 302 Å². The third-order valence-electron chi connectivity index (χ3n) is 14.7. The van der Waals surface area contributed by atoms with Gasteiger partial charge < -0.3 is 20.1 Å². The maximum absolute atomic E-state index is 12.8. The summed E-state index contributed by atoms with van der Waals surface area (Å²) in [6, 6.07) is 0. The Kier molecular flexibility index (Phi) is 67.6. The number of unbranched alkanes of at least 4 members (excludes halogenated alkanes) is 28. The summed E-state index contributed by atoms with van der Waals surface area (Å²) in [6.45, 7) is 3.53. The fourth-order valence-corrected chi connectivity index (χ4v) is 10.4. The molecule has 0 aliphatic carbocycles. The first-order chi connectivity index (χ1) is 42.8. The van der Waals surface area contributed by atoms with E-state index in [-0.39, 0.29) is 38.6 Å². The Morgan fingerprint density at radius 2 is 0.598 bits per heavy atom. The van der Waals surface area contributed by atoms with E-state index >= 15 is 0 Å². The Hall–Kier alpha value is -4.11. The number of hydrogen-bond donors (Lipinski definition) is 2. The number of rotatable bonds is 65. The highest BCUT2D eigenvalue weighted by Gasteiger charge is 2.26. The molecule has 2 unspecified atom stereocenters. The lowest BCUT2D eigenvalue weighted by Gasteiger charge is -2.19. The number of allylic oxidation sites excluding steroid dienone is 24. The van der Waals surface area contributed by atoms with E-state index in [1.54, 1.807) is 0 Å². The van der Waals surface area contributed by atoms with E-state index in [1.165, 1.54) is 141 Å². The molecule has 0 aliphatic heterocycles. The molecule has 0 saturated carbocycles. The van der Waals surface area contributed by atoms with Gasteiger partial charge in [0.25, 0.3) is 0 Å². The molecule has 0 fully saturated rings. The van der Waals surface area contributed by atoms with Gasteiger partial charge in [-0.25, -0.2) is 4.57 Å². The molecule has 2 atom stereocenters. The number of phosphoric ester groups is 1. The summed E-state index contributed by atoms with van der Waals surface area (Å²) in [4.78, 5) is 35.4. The molecular formula is C77H130NO8P. The van der Waals surface area contributed by atoms with Crippen LogP contribution in [-0.2, 0) is 32.7 Å². The van der Waals surface area contributed by atoms with Crippen molar-refractivity contribution < 1.29 is 37.6 Å². The zero-order chi connectivity index (χ0) is 63.0. The molecule has 87 heavy (non-hydrogen) atoms. The molecule has 0 spiro atoms. The number of hydrogen-bond acceptors (Lipinski definition) is 8. The third kappa shape index (κ3) is 70.8. The normalized spacial score (nSPS) is 13.8. The molecule has 9 nitrogen and oxygen atoms in total. The van der Waals surface area contributed by atoms with Gasteiger partial charge >= 0.3 is 19.8 Å². The van der Waals surface area contributed by atoms with Crippen LogP contribution in [0.15, 0.2) is 146 Å². The van der Waals surface area contributed by atoms with E-state index in [4.69, 9.17) is 24.3 Å². The van der Waals surface area contributed by atoms with Crippen molar-refractivity contribution in [3.8, 4) is 0 Å². The van der Waals surface area contributed by atoms with Crippen molar-refractivity contribution in [2.75, 3.05) is 26.4 Å². The minimum Gasteiger partial charge on any atom is -0.462 e. The molecule has 0 aromatic heterocycles. The fraction of sp³-hybridized carbons (Fsp3) is 0.662. The Labute approximate surface area is 535 Å². The molecule has 0 aromatic carbocycles. The number of nitrogens with two attached hydrogens (primary N) is 1. The van der Waals surface area contributed by atoms with E-state index < -0.39 is 26.5 Å². The highest BCUT2D eigenvalue weighted by Crippen LogP contribution is 2.43. The highest BCUT2D eigenvalue weighted by molar-refractivity contribution is 7.47. The quantitative estimate of drug-likeness (QED) is 0.0264. The maximum Gasteiger partial charge on any atom is 0.472 e. The topological polar surface area (TPSA) is 134 Å². The first-order valence-corrected chi connectivity index (χ1v) is 36.8. The number of phosphoric acid groups is 1. The van der Waals surface area contributed by atoms with Crippen LogP contribution in [0, 0.1) is 0 Å². The van der Waals surface area contributed by atoms with Gasteiger partial charge in [0.1, 0.15) is 6.61 Å². The highest BCUT2D eigenvalue weighted by atomic mass is 31.2. The second kappa shape index (κ2) is 71.0. The van der Waals surface area contributed by atoms with Crippen molar-refractivity contribution >= 4 is 19.8 Å². The van der Waals surface area contributed by atoms with Gasteiger partial charge in [-0.05, 0) is 116 Å². The van der Waals surface area contributed by atoms with Gasteiger partial charge in [-0.1, -0.05) is 314 Å². The zero-order valence-electron chi connectivity index (χ0n) is 55.7. The average Bonchev–Trinajstić information content (AvgIpc) is 3.64. The van der Waals surface area contributed by atoms with Gasteiger partial charge in [0.05, 0.1) is 13.2 Å². The van der Waals surface area contributed by atoms with Crippen LogP contribution in [0.3, 0.4) is 0 Å². The maximum atomic E-state index is 12.8. The molecule has 0 heterocycles. The molecular weight excluding hydrogens is 1100 g/mol. The standard InChI is InChI=1S/C77H130NO8P/c1-3-5-7-9-11-13-15-17-19-21-23-25-27-29-31-33-35-36-37-38-40-42-44-46-48-50-52-54-56-58-60-62-64-66-68-70-77(80)86-75(74-85-87(81,82)84-72-71-78)73-83-76(79)69-67-65-63-61-59-57-55-53-51-49-47-45-43-41-39-34-32-30-28-26-24-22-20-18-16-14-12-10-8-6-4-2/h5-8,11-14,17-20,23-26,29,31,35-36,38,40,44,46,75H,3-4,9-10,15-16,21-22,27-28,30,32-34,37,39,41-43,45,47-74,78H2,1-2H3,(H,81,82)/b7-5-,8-6-,13-11-,14-12-,19-17-,20-18-,25-23-,26-24-,31-29-,36-35-,40-38-,46-44-. The lowest BCUT2D eigenvalue weighted by atomic mass is 10.0. The van der Waals surface area contributed by atoms with Gasteiger partial charge in [-0.15, -0.1) is 0 Å². The van der Waals surface area contributed by atoms with Crippen LogP contribution in [0.25, 0.3) is 0 Å². The van der Waals surface area contributed by atoms with Gasteiger partial charge in [0.2, 0.25) is 0 Å². The molecule has 0 rings (SSSR count). The SMILES string of the molecule is CC/C=C\C/C=C\C/C=C\C/C=C\C/C=C\C/C=C\C/C=C\C/C=C\CCCCCCCCCCCCC(=O)OC(COC(=O)CCCCCCCCCCCCCCCCCCCC/C=C\C/C=C\C/C=C\C/C=C\CC)COP(=O)(O)OCCN. The first-order valence-electron chi connectivity index (χ1n) is 35.3. The Morgan fingerprint density at radius 3 is 0.885 bits per heavy atom. The Bertz CT molecular complexity index is 1940. The Morgan fingerprint density at radius 1 is 0.345 bits per heavy atom. The summed E-state index contributed by atoms with van der Waals surface area (Å²) in [6.07, 6.45) is 102. The minimum atomic E-state index is -4.40. The zero-order valence-corrected chi connectivity index (χ0v) is 56.6. The van der Waals surface area contributed by atoms with E-state index in [2.05, 4.69) is 160 Å². The lowest BCUT2D eigenvalue weighted by molar-refractivity contribution is -0.161. The average molecular weight is 1230 g/mol. The number of carbonyl (C=O) groups is 2. The predicted octanol–water partition coefficient (Wildman–Crippen LogP) is 23.4. The van der Waals surface area contributed by atoms with Crippen LogP contribution in [-0.4, -0.2) is 49.3 Å². The second-order valence-electron chi connectivity index (χ2n) is 23.0. The van der Waals surface area contributed by atoms with Crippen molar-refractivity contribution in [2.24, 2.45) is 5.73 Å². The predicted molar refractivity (Wildman–Crippen MR) is 376 cm³/mol. The van der Waals surface area contributed by atoms with Crippen molar-refractivity contribution in [1.82, 2.24) is 0 Å². The van der Waals surface area contributed by atoms with Crippen LogP contribution in [0.2, 0.25) is 0 Å². The van der Waals surface area contributed by atoms with E-state index in [1.807, 2.05) is 0 Å². The van der Waals surface area contributed by atoms with E-state index in [0.717, 1.165) is 122 Å². The number of esters is 2. The molecule has 3 N–H and O–H groups in total. The summed E-state index contributed by atoms with van der Waals surface area (Å²) >= 11 is 0. The van der Waals surface area contributed by atoms with E-state index in [0.29, 0.717) is 6.42 Å². The molecule has 0 aliphatic rings. The van der Waals surface area contributed by atoms with Gasteiger partial charge in [0, 0.05) is 19.4 Å². The first kappa shape index (κ1) is 82.9. The molecule has 0 amide bonds. The molecule has 0 radical (unpaired) electrons. The molecule has 496 valence electrons. The van der Waals surface area contributed by atoms with Crippen LogP contribution in [0.1, 0.15) is 296 Å². The van der Waals surface area contributed by atoms with E-state index in [9.17, 15) is 19.0 Å². The largest absolute Gasteiger partial charge is 0.472 e. The van der Waals surface area contributed by atoms with Gasteiger partial charge in [0.15, 0.2) is 6.10 Å². The van der Waals surface area contributed by atoms with Crippen LogP contribution in [0.4, 0.5) is 0 Å². The number of carbonyl (C=O) groups excluding carboxylic acids is 2. The summed E-state index contributed by atoms with van der Waals surface area (Å²) in [5, 5.41) is 0. The smallest absolute Gasteiger partial charge is 0.462 e. The van der Waals surface area contributed by atoms with Crippen LogP contribution in [0.5, 0.6) is 0 Å². The molecule has 10 heteroatoms. The summed E-state index contributed by atoms with van der Waals surface area (Å²) in [5.74, 6) is -0.831. The van der Waals surface area contributed by atoms with Crippen LogP contribution < -0.4 is 5.73 Å². The molecule has 0 bridgehead atoms. The monoisotopic (exact) mass is 1230 g/mol. The third-order valence-corrected chi connectivity index (χ3v) is 15.7. The van der Waals surface area contributed by atoms with Gasteiger partial charge in [-0.2, -0.15) is 0 Å². The fourth-order valence-electron chi connectivity index (χ4n) is 9.59. The number of ether oxygens (including phenoxy) is 2. The minimum absolute atomic E-state index is 0.0473. The Balaban J connectivity index is 3.92. The lowest BCUT2D eigenvalue weighted by Crippen LogP contribution is -2.29. The molecule has 0 saturated heterocycles. The van der Waals surface area contributed by atoms with Crippen molar-refractivity contribution in [3.63, 3.8) is 0 Å². The summed E-state index contributed by atoms with van der Waals surface area (Å²) in [7, 11) is -4.40. The summed E-state index contributed by atoms with van der Waals surface area (Å²) < 4.78 is 33.2. The van der Waals surface area contributed by atoms with Crippen LogP contribution >= 0.6 is 7.82 Å². The van der Waals surface area contributed by atoms with Crippen molar-refractivity contribution in [3.05, 3.63) is 146 Å². The second-order valence-corrected chi connectivity index (χ2v) is 24.4. The van der Waals surface area contributed by atoms with Crippen molar-refractivity contribution in [1.29, 1.82) is 0 Å².